The highest BCUT2D eigenvalue weighted by Crippen LogP contribution is 2.18. The number of carbonyl (C=O) groups excluding carboxylic acids is 3. The van der Waals surface area contributed by atoms with Gasteiger partial charge in [0.05, 0.1) is 0 Å². The Bertz CT molecular complexity index is 1010. The van der Waals surface area contributed by atoms with Crippen LogP contribution in [0.15, 0.2) is 0 Å². The highest BCUT2D eigenvalue weighted by molar-refractivity contribution is 5.71. The van der Waals surface area contributed by atoms with E-state index in [9.17, 15) is 14.4 Å². The Morgan fingerprint density at radius 1 is 0.284 bits per heavy atom. The van der Waals surface area contributed by atoms with Gasteiger partial charge in [0.15, 0.2) is 6.10 Å². The van der Waals surface area contributed by atoms with Crippen LogP contribution in [0.25, 0.3) is 0 Å². The van der Waals surface area contributed by atoms with Crippen LogP contribution < -0.4 is 0 Å². The maximum absolute atomic E-state index is 12.9. The predicted octanol–water partition coefficient (Wildman–Crippen LogP) is 20.2. The predicted molar refractivity (Wildman–Crippen MR) is 289 cm³/mol. The fourth-order valence-electron chi connectivity index (χ4n) is 9.46. The summed E-state index contributed by atoms with van der Waals surface area (Å²) < 4.78 is 16.9. The molecule has 6 nitrogen and oxygen atoms in total. The molecule has 398 valence electrons. The molecule has 0 radical (unpaired) electrons. The second kappa shape index (κ2) is 55.3. The van der Waals surface area contributed by atoms with Crippen molar-refractivity contribution in [3.8, 4) is 0 Å². The average Bonchev–Trinajstić information content (AvgIpc) is 3.31. The molecule has 6 heteroatoms. The third-order valence-corrected chi connectivity index (χ3v) is 14.0. The van der Waals surface area contributed by atoms with Crippen LogP contribution in [0.1, 0.15) is 349 Å². The van der Waals surface area contributed by atoms with Gasteiger partial charge in [-0.2, -0.15) is 0 Å². The molecule has 1 atom stereocenters. The lowest BCUT2D eigenvalue weighted by Gasteiger charge is -2.18. The Balaban J connectivity index is 4.27. The second-order valence-electron chi connectivity index (χ2n) is 21.5. The Morgan fingerprint density at radius 2 is 0.493 bits per heavy atom. The molecule has 0 aliphatic heterocycles. The van der Waals surface area contributed by atoms with E-state index in [0.29, 0.717) is 19.3 Å². The summed E-state index contributed by atoms with van der Waals surface area (Å²) in [5.41, 5.74) is 0. The number of rotatable bonds is 56. The van der Waals surface area contributed by atoms with Crippen molar-refractivity contribution < 1.29 is 28.6 Å². The Hall–Kier alpha value is -1.59. The lowest BCUT2D eigenvalue weighted by Crippen LogP contribution is -2.30. The number of hydrogen-bond acceptors (Lipinski definition) is 6. The minimum atomic E-state index is -0.762. The topological polar surface area (TPSA) is 78.9 Å². The van der Waals surface area contributed by atoms with Crippen molar-refractivity contribution in [3.63, 3.8) is 0 Å². The summed E-state index contributed by atoms with van der Waals surface area (Å²) in [6.07, 6.45) is 61.0. The molecular formula is C61H118O6. The maximum Gasteiger partial charge on any atom is 0.306 e. The first-order chi connectivity index (χ1) is 32.9. The van der Waals surface area contributed by atoms with Crippen LogP contribution in [-0.4, -0.2) is 37.2 Å². The fraction of sp³-hybridized carbons (Fsp3) is 0.951. The second-order valence-corrected chi connectivity index (χ2v) is 21.5. The summed E-state index contributed by atoms with van der Waals surface area (Å²) >= 11 is 0. The first kappa shape index (κ1) is 65.4. The first-order valence-corrected chi connectivity index (χ1v) is 30.4. The van der Waals surface area contributed by atoms with E-state index in [-0.39, 0.29) is 31.1 Å². The standard InChI is InChI=1S/C61H118O6/c1-5-7-9-11-13-15-17-19-21-23-24-25-27-29-33-37-41-45-49-53-60(63)66-56-58(67-61(64)54-50-46-42-38-34-30-31-35-39-43-47-51-57(3)4)55-65-59(62)52-48-44-40-36-32-28-26-22-20-18-16-14-12-10-8-6-2/h57-58H,5-56H2,1-4H3/t58-/m0/s1. The van der Waals surface area contributed by atoms with Gasteiger partial charge in [-0.3, -0.25) is 14.4 Å². The van der Waals surface area contributed by atoms with Crippen molar-refractivity contribution in [2.45, 2.75) is 355 Å². The quantitative estimate of drug-likeness (QED) is 0.0343. The van der Waals surface area contributed by atoms with E-state index in [1.165, 1.54) is 244 Å². The zero-order valence-electron chi connectivity index (χ0n) is 45.9. The molecule has 0 aliphatic rings. The lowest BCUT2D eigenvalue weighted by molar-refractivity contribution is -0.167. The Kier molecular flexibility index (Phi) is 54.0. The molecule has 0 rings (SSSR count). The smallest absolute Gasteiger partial charge is 0.306 e. The first-order valence-electron chi connectivity index (χ1n) is 30.4. The van der Waals surface area contributed by atoms with Gasteiger partial charge in [0, 0.05) is 19.3 Å². The van der Waals surface area contributed by atoms with Crippen LogP contribution in [-0.2, 0) is 28.6 Å². The number of hydrogen-bond donors (Lipinski definition) is 0. The zero-order chi connectivity index (χ0) is 48.8. The highest BCUT2D eigenvalue weighted by Gasteiger charge is 2.19. The summed E-state index contributed by atoms with van der Waals surface area (Å²) in [5.74, 6) is -0.00781. The van der Waals surface area contributed by atoms with Gasteiger partial charge in [0.2, 0.25) is 0 Å². The molecule has 0 heterocycles. The number of carbonyl (C=O) groups is 3. The van der Waals surface area contributed by atoms with Gasteiger partial charge in [-0.1, -0.05) is 310 Å². The zero-order valence-corrected chi connectivity index (χ0v) is 45.9. The number of esters is 3. The molecule has 0 spiro atoms. The van der Waals surface area contributed by atoms with Crippen molar-refractivity contribution in [1.82, 2.24) is 0 Å². The highest BCUT2D eigenvalue weighted by atomic mass is 16.6. The van der Waals surface area contributed by atoms with Gasteiger partial charge >= 0.3 is 17.9 Å². The molecule has 0 bridgehead atoms. The van der Waals surface area contributed by atoms with E-state index in [1.807, 2.05) is 0 Å². The Labute approximate surface area is 418 Å². The van der Waals surface area contributed by atoms with Gasteiger partial charge in [0.1, 0.15) is 13.2 Å². The van der Waals surface area contributed by atoms with Crippen LogP contribution in [0.5, 0.6) is 0 Å². The molecule has 0 aromatic carbocycles. The van der Waals surface area contributed by atoms with Crippen LogP contribution in [0.3, 0.4) is 0 Å². The number of ether oxygens (including phenoxy) is 3. The maximum atomic E-state index is 12.9. The summed E-state index contributed by atoms with van der Waals surface area (Å²) in [5, 5.41) is 0. The summed E-state index contributed by atoms with van der Waals surface area (Å²) in [7, 11) is 0. The molecule has 0 N–H and O–H groups in total. The van der Waals surface area contributed by atoms with Crippen LogP contribution in [0, 0.1) is 5.92 Å². The Morgan fingerprint density at radius 3 is 0.731 bits per heavy atom. The molecule has 0 aliphatic carbocycles. The van der Waals surface area contributed by atoms with Crippen molar-refractivity contribution in [3.05, 3.63) is 0 Å². The molecular weight excluding hydrogens is 829 g/mol. The minimum absolute atomic E-state index is 0.0618. The third-order valence-electron chi connectivity index (χ3n) is 14.0. The van der Waals surface area contributed by atoms with Crippen molar-refractivity contribution in [2.24, 2.45) is 5.92 Å². The van der Waals surface area contributed by atoms with E-state index in [1.54, 1.807) is 0 Å². The van der Waals surface area contributed by atoms with Crippen molar-refractivity contribution in [2.75, 3.05) is 13.2 Å². The SMILES string of the molecule is CCCCCCCCCCCCCCCCCCCCCC(=O)OC[C@H](COC(=O)CCCCCCCCCCCCCCCCCC)OC(=O)CCCCCCCCCCCCCC(C)C. The molecule has 0 unspecified atom stereocenters. The number of unbranched alkanes of at least 4 members (excludes halogenated alkanes) is 43. The van der Waals surface area contributed by atoms with Crippen molar-refractivity contribution >= 4 is 17.9 Å². The third kappa shape index (κ3) is 55.2. The van der Waals surface area contributed by atoms with Crippen LogP contribution in [0.4, 0.5) is 0 Å². The lowest BCUT2D eigenvalue weighted by atomic mass is 10.0. The molecule has 0 aromatic rings. The molecule has 67 heavy (non-hydrogen) atoms. The van der Waals surface area contributed by atoms with Gasteiger partial charge in [-0.15, -0.1) is 0 Å². The fourth-order valence-corrected chi connectivity index (χ4v) is 9.46. The normalized spacial score (nSPS) is 12.0. The molecule has 0 saturated heterocycles. The van der Waals surface area contributed by atoms with E-state index >= 15 is 0 Å². The van der Waals surface area contributed by atoms with E-state index in [2.05, 4.69) is 27.7 Å². The molecule has 0 aromatic heterocycles. The van der Waals surface area contributed by atoms with Crippen LogP contribution >= 0.6 is 0 Å². The van der Waals surface area contributed by atoms with Gasteiger partial charge in [-0.05, 0) is 25.2 Å². The summed E-state index contributed by atoms with van der Waals surface area (Å²) in [6, 6.07) is 0. The minimum Gasteiger partial charge on any atom is -0.462 e. The molecule has 0 amide bonds. The average molecular weight is 948 g/mol. The van der Waals surface area contributed by atoms with E-state index < -0.39 is 6.10 Å². The summed E-state index contributed by atoms with van der Waals surface area (Å²) in [4.78, 5) is 38.2. The molecule has 0 fully saturated rings. The van der Waals surface area contributed by atoms with Crippen LogP contribution in [0.2, 0.25) is 0 Å². The summed E-state index contributed by atoms with van der Waals surface area (Å²) in [6.45, 7) is 9.06. The van der Waals surface area contributed by atoms with Gasteiger partial charge < -0.3 is 14.2 Å². The van der Waals surface area contributed by atoms with E-state index in [4.69, 9.17) is 14.2 Å². The largest absolute Gasteiger partial charge is 0.462 e. The molecule has 0 saturated carbocycles. The van der Waals surface area contributed by atoms with Gasteiger partial charge in [0.25, 0.3) is 0 Å². The van der Waals surface area contributed by atoms with Gasteiger partial charge in [-0.25, -0.2) is 0 Å². The van der Waals surface area contributed by atoms with E-state index in [0.717, 1.165) is 63.7 Å². The van der Waals surface area contributed by atoms with Crippen molar-refractivity contribution in [1.29, 1.82) is 0 Å². The monoisotopic (exact) mass is 947 g/mol.